The minimum atomic E-state index is -0.547. The summed E-state index contributed by atoms with van der Waals surface area (Å²) in [7, 11) is 2.12. The summed E-state index contributed by atoms with van der Waals surface area (Å²) in [4.78, 5) is 47.1. The maximum Gasteiger partial charge on any atom is 0.343 e. The number of hydrogen-bond donors (Lipinski definition) is 0. The van der Waals surface area contributed by atoms with Crippen LogP contribution in [0.25, 0.3) is 10.2 Å². The van der Waals surface area contributed by atoms with Gasteiger partial charge in [-0.2, -0.15) is 0 Å². The van der Waals surface area contributed by atoms with Crippen LogP contribution in [0.5, 0.6) is 5.75 Å². The molecule has 2 aromatic carbocycles. The van der Waals surface area contributed by atoms with Crippen molar-refractivity contribution in [1.82, 2.24) is 9.88 Å². The molecule has 0 unspecified atom stereocenters. The van der Waals surface area contributed by atoms with E-state index in [-0.39, 0.29) is 30.2 Å². The quantitative estimate of drug-likeness (QED) is 0.343. The SMILES string of the molecule is CN1CCN(c2nc3ccc(OC(=O)c4cccc(N5C(=O)CCC5=O)c4)cc3s2)CC1. The molecule has 0 N–H and O–H groups in total. The van der Waals surface area contributed by atoms with Gasteiger partial charge in [-0.05, 0) is 37.4 Å². The lowest BCUT2D eigenvalue weighted by molar-refractivity contribution is -0.121. The molecule has 0 aliphatic carbocycles. The molecule has 164 valence electrons. The minimum absolute atomic E-state index is 0.193. The molecule has 2 saturated heterocycles. The van der Waals surface area contributed by atoms with Gasteiger partial charge in [-0.1, -0.05) is 17.4 Å². The molecule has 5 rings (SSSR count). The summed E-state index contributed by atoms with van der Waals surface area (Å²) in [6.07, 6.45) is 0.386. The fraction of sp³-hybridized carbons (Fsp3) is 0.304. The van der Waals surface area contributed by atoms with Gasteiger partial charge < -0.3 is 14.5 Å². The number of rotatable bonds is 4. The van der Waals surface area contributed by atoms with Gasteiger partial charge in [0.2, 0.25) is 11.8 Å². The normalized spacial score (nSPS) is 17.4. The summed E-state index contributed by atoms with van der Waals surface area (Å²) < 4.78 is 6.53. The van der Waals surface area contributed by atoms with Crippen LogP contribution in [0.1, 0.15) is 23.2 Å². The molecule has 0 saturated carbocycles. The van der Waals surface area contributed by atoms with Gasteiger partial charge in [-0.25, -0.2) is 9.78 Å². The number of nitrogens with zero attached hydrogens (tertiary/aromatic N) is 4. The summed E-state index contributed by atoms with van der Waals surface area (Å²) in [5.41, 5.74) is 1.54. The first-order valence-electron chi connectivity index (χ1n) is 10.5. The number of thiazole rings is 1. The van der Waals surface area contributed by atoms with Crippen molar-refractivity contribution in [2.75, 3.05) is 43.0 Å². The van der Waals surface area contributed by atoms with Crippen molar-refractivity contribution in [3.8, 4) is 5.75 Å². The van der Waals surface area contributed by atoms with E-state index in [4.69, 9.17) is 9.72 Å². The first-order valence-corrected chi connectivity index (χ1v) is 11.3. The van der Waals surface area contributed by atoms with Crippen LogP contribution in [0.15, 0.2) is 42.5 Å². The third-order valence-electron chi connectivity index (χ3n) is 5.72. The van der Waals surface area contributed by atoms with Crippen LogP contribution in [0.3, 0.4) is 0 Å². The van der Waals surface area contributed by atoms with Crippen molar-refractivity contribution in [2.45, 2.75) is 12.8 Å². The summed E-state index contributed by atoms with van der Waals surface area (Å²) >= 11 is 1.59. The number of carbonyl (C=O) groups excluding carboxylic acids is 3. The van der Waals surface area contributed by atoms with E-state index in [9.17, 15) is 14.4 Å². The molecule has 2 aliphatic heterocycles. The summed E-state index contributed by atoms with van der Waals surface area (Å²) in [5.74, 6) is -0.636. The van der Waals surface area contributed by atoms with Gasteiger partial charge in [0.1, 0.15) is 5.75 Å². The molecule has 1 aromatic heterocycles. The van der Waals surface area contributed by atoms with Crippen molar-refractivity contribution < 1.29 is 19.1 Å². The minimum Gasteiger partial charge on any atom is -0.423 e. The number of esters is 1. The zero-order valence-electron chi connectivity index (χ0n) is 17.6. The van der Waals surface area contributed by atoms with Crippen LogP contribution in [0, 0.1) is 0 Å². The Labute approximate surface area is 189 Å². The van der Waals surface area contributed by atoms with Crippen LogP contribution in [-0.4, -0.2) is 60.9 Å². The van der Waals surface area contributed by atoms with Gasteiger partial charge in [0.15, 0.2) is 5.13 Å². The Morgan fingerprint density at radius 1 is 1.00 bits per heavy atom. The number of benzene rings is 2. The summed E-state index contributed by atoms with van der Waals surface area (Å²) in [6, 6.07) is 11.8. The number of likely N-dealkylation sites (N-methyl/N-ethyl adjacent to an activating group) is 1. The lowest BCUT2D eigenvalue weighted by Gasteiger charge is -2.31. The number of piperazine rings is 1. The number of fused-ring (bicyclic) bond motifs is 1. The molecule has 32 heavy (non-hydrogen) atoms. The molecule has 2 fully saturated rings. The zero-order chi connectivity index (χ0) is 22.2. The number of anilines is 2. The Bertz CT molecular complexity index is 1200. The highest BCUT2D eigenvalue weighted by molar-refractivity contribution is 7.22. The molecule has 0 spiro atoms. The second-order valence-electron chi connectivity index (χ2n) is 7.98. The molecular weight excluding hydrogens is 428 g/mol. The zero-order valence-corrected chi connectivity index (χ0v) is 18.4. The topological polar surface area (TPSA) is 83.1 Å². The Morgan fingerprint density at radius 2 is 1.75 bits per heavy atom. The van der Waals surface area contributed by atoms with Crippen molar-refractivity contribution in [1.29, 1.82) is 0 Å². The first-order chi connectivity index (χ1) is 15.5. The van der Waals surface area contributed by atoms with Crippen LogP contribution < -0.4 is 14.5 Å². The van der Waals surface area contributed by atoms with Crippen LogP contribution in [-0.2, 0) is 9.59 Å². The predicted molar refractivity (Wildman–Crippen MR) is 122 cm³/mol. The Kier molecular flexibility index (Phi) is 5.36. The second kappa shape index (κ2) is 8.33. The van der Waals surface area contributed by atoms with E-state index in [1.165, 1.54) is 6.07 Å². The molecule has 3 heterocycles. The molecule has 0 atom stereocenters. The van der Waals surface area contributed by atoms with Crippen molar-refractivity contribution in [3.63, 3.8) is 0 Å². The van der Waals surface area contributed by atoms with E-state index in [2.05, 4.69) is 16.8 Å². The van der Waals surface area contributed by atoms with Crippen LogP contribution >= 0.6 is 11.3 Å². The van der Waals surface area contributed by atoms with Crippen LogP contribution in [0.4, 0.5) is 10.8 Å². The number of hydrogen-bond acceptors (Lipinski definition) is 8. The van der Waals surface area contributed by atoms with E-state index in [0.717, 1.165) is 46.4 Å². The van der Waals surface area contributed by atoms with Gasteiger partial charge in [0.05, 0.1) is 21.5 Å². The number of carbonyl (C=O) groups is 3. The molecule has 3 aromatic rings. The number of amides is 2. The Morgan fingerprint density at radius 3 is 2.50 bits per heavy atom. The molecule has 8 nitrogen and oxygen atoms in total. The van der Waals surface area contributed by atoms with Crippen LogP contribution in [0.2, 0.25) is 0 Å². The fourth-order valence-electron chi connectivity index (χ4n) is 3.89. The average Bonchev–Trinajstić information content (AvgIpc) is 3.36. The maximum atomic E-state index is 12.7. The van der Waals surface area contributed by atoms with Gasteiger partial charge in [-0.15, -0.1) is 0 Å². The monoisotopic (exact) mass is 450 g/mol. The van der Waals surface area contributed by atoms with E-state index < -0.39 is 5.97 Å². The van der Waals surface area contributed by atoms with Gasteiger partial charge in [-0.3, -0.25) is 14.5 Å². The largest absolute Gasteiger partial charge is 0.423 e. The van der Waals surface area contributed by atoms with Gasteiger partial charge >= 0.3 is 5.97 Å². The lowest BCUT2D eigenvalue weighted by atomic mass is 10.2. The van der Waals surface area contributed by atoms with Crippen molar-refractivity contribution >= 4 is 50.2 Å². The van der Waals surface area contributed by atoms with Gasteiger partial charge in [0.25, 0.3) is 0 Å². The molecule has 2 amide bonds. The summed E-state index contributed by atoms with van der Waals surface area (Å²) in [5, 5.41) is 0.976. The highest BCUT2D eigenvalue weighted by Gasteiger charge is 2.30. The summed E-state index contributed by atoms with van der Waals surface area (Å²) in [6.45, 7) is 3.89. The fourth-order valence-corrected chi connectivity index (χ4v) is 4.94. The average molecular weight is 451 g/mol. The molecule has 0 radical (unpaired) electrons. The third kappa shape index (κ3) is 3.96. The number of aromatic nitrogens is 1. The molecule has 0 bridgehead atoms. The maximum absolute atomic E-state index is 12.7. The Hall–Kier alpha value is -3.30. The van der Waals surface area contributed by atoms with Crippen molar-refractivity contribution in [2.24, 2.45) is 0 Å². The third-order valence-corrected chi connectivity index (χ3v) is 6.80. The molecular formula is C23H22N4O4S. The Balaban J connectivity index is 1.33. The standard InChI is InChI=1S/C23H22N4O4S/c1-25-9-11-26(12-10-25)23-24-18-6-5-17(14-19(18)32-23)31-22(30)15-3-2-4-16(13-15)27-20(28)7-8-21(27)29/h2-6,13-14H,7-12H2,1H3. The number of ether oxygens (including phenoxy) is 1. The van der Waals surface area contributed by atoms with E-state index in [0.29, 0.717) is 11.4 Å². The van der Waals surface area contributed by atoms with E-state index in [1.807, 2.05) is 12.1 Å². The molecule has 9 heteroatoms. The smallest absolute Gasteiger partial charge is 0.343 e. The van der Waals surface area contributed by atoms with Crippen molar-refractivity contribution in [3.05, 3.63) is 48.0 Å². The second-order valence-corrected chi connectivity index (χ2v) is 8.99. The van der Waals surface area contributed by atoms with Gasteiger partial charge in [0, 0.05) is 45.1 Å². The lowest BCUT2D eigenvalue weighted by Crippen LogP contribution is -2.44. The molecule has 2 aliphatic rings. The first kappa shape index (κ1) is 20.6. The predicted octanol–water partition coefficient (Wildman–Crippen LogP) is 2.92. The number of imide groups is 1. The highest BCUT2D eigenvalue weighted by atomic mass is 32.1. The highest BCUT2D eigenvalue weighted by Crippen LogP contribution is 2.32. The van der Waals surface area contributed by atoms with E-state index in [1.54, 1.807) is 35.6 Å². The van der Waals surface area contributed by atoms with E-state index >= 15 is 0 Å².